The molecular formula is C25H24F2N6. The van der Waals surface area contributed by atoms with E-state index in [2.05, 4.69) is 25.3 Å². The molecule has 168 valence electrons. The SMILES string of the molecule is Fc1ccc(C(c2nnnn2Cc2ccccc2)N2CCN(c3ccc(F)cc3)CC2)cc1. The van der Waals surface area contributed by atoms with E-state index in [1.165, 1.54) is 24.3 Å². The van der Waals surface area contributed by atoms with E-state index in [4.69, 9.17) is 0 Å². The minimum atomic E-state index is -0.275. The predicted molar refractivity (Wildman–Crippen MR) is 122 cm³/mol. The maximum absolute atomic E-state index is 13.7. The smallest absolute Gasteiger partial charge is 0.173 e. The molecule has 1 atom stereocenters. The average Bonchev–Trinajstić information content (AvgIpc) is 3.30. The molecular weight excluding hydrogens is 422 g/mol. The van der Waals surface area contributed by atoms with Gasteiger partial charge in [-0.2, -0.15) is 0 Å². The second kappa shape index (κ2) is 9.46. The van der Waals surface area contributed by atoms with Crippen LogP contribution in [0.15, 0.2) is 78.9 Å². The van der Waals surface area contributed by atoms with Crippen LogP contribution in [-0.2, 0) is 6.54 Å². The van der Waals surface area contributed by atoms with Crippen molar-refractivity contribution in [3.8, 4) is 0 Å². The number of anilines is 1. The molecule has 0 bridgehead atoms. The monoisotopic (exact) mass is 446 g/mol. The molecule has 0 radical (unpaired) electrons. The summed E-state index contributed by atoms with van der Waals surface area (Å²) in [5.74, 6) is 0.210. The van der Waals surface area contributed by atoms with E-state index in [0.717, 1.165) is 48.8 Å². The van der Waals surface area contributed by atoms with Crippen LogP contribution in [0.2, 0.25) is 0 Å². The second-order valence-corrected chi connectivity index (χ2v) is 8.13. The summed E-state index contributed by atoms with van der Waals surface area (Å²) >= 11 is 0. The minimum absolute atomic E-state index is 0.209. The Labute approximate surface area is 191 Å². The highest BCUT2D eigenvalue weighted by Gasteiger charge is 2.30. The van der Waals surface area contributed by atoms with E-state index in [9.17, 15) is 8.78 Å². The van der Waals surface area contributed by atoms with Crippen molar-refractivity contribution in [3.05, 3.63) is 107 Å². The van der Waals surface area contributed by atoms with Crippen LogP contribution in [0.25, 0.3) is 0 Å². The van der Waals surface area contributed by atoms with Crippen molar-refractivity contribution < 1.29 is 8.78 Å². The van der Waals surface area contributed by atoms with Gasteiger partial charge in [-0.25, -0.2) is 13.5 Å². The van der Waals surface area contributed by atoms with Crippen molar-refractivity contribution in [1.29, 1.82) is 0 Å². The quantitative estimate of drug-likeness (QED) is 0.450. The minimum Gasteiger partial charge on any atom is -0.369 e. The Morgan fingerprint density at radius 2 is 1.39 bits per heavy atom. The second-order valence-electron chi connectivity index (χ2n) is 8.13. The number of halogens is 2. The first-order chi connectivity index (χ1) is 16.2. The Bertz CT molecular complexity index is 1170. The molecule has 0 spiro atoms. The van der Waals surface area contributed by atoms with E-state index in [1.807, 2.05) is 47.1 Å². The third-order valence-electron chi connectivity index (χ3n) is 6.04. The zero-order valence-electron chi connectivity index (χ0n) is 18.1. The van der Waals surface area contributed by atoms with Crippen molar-refractivity contribution in [1.82, 2.24) is 25.1 Å². The van der Waals surface area contributed by atoms with Crippen molar-refractivity contribution in [3.63, 3.8) is 0 Å². The lowest BCUT2D eigenvalue weighted by Crippen LogP contribution is -2.48. The first kappa shape index (κ1) is 21.2. The summed E-state index contributed by atoms with van der Waals surface area (Å²) in [6.45, 7) is 3.64. The van der Waals surface area contributed by atoms with Gasteiger partial charge in [0.25, 0.3) is 0 Å². The lowest BCUT2D eigenvalue weighted by atomic mass is 10.0. The predicted octanol–water partition coefficient (Wildman–Crippen LogP) is 3.91. The van der Waals surface area contributed by atoms with Gasteiger partial charge in [-0.05, 0) is 58.0 Å². The number of rotatable bonds is 6. The van der Waals surface area contributed by atoms with Crippen molar-refractivity contribution in [2.75, 3.05) is 31.1 Å². The number of benzene rings is 3. The molecule has 33 heavy (non-hydrogen) atoms. The highest BCUT2D eigenvalue weighted by atomic mass is 19.1. The fourth-order valence-electron chi connectivity index (χ4n) is 4.33. The van der Waals surface area contributed by atoms with Gasteiger partial charge in [0, 0.05) is 31.9 Å². The summed E-state index contributed by atoms with van der Waals surface area (Å²) in [4.78, 5) is 4.56. The number of hydrogen-bond acceptors (Lipinski definition) is 5. The van der Waals surface area contributed by atoms with Crippen LogP contribution in [0.4, 0.5) is 14.5 Å². The van der Waals surface area contributed by atoms with Crippen LogP contribution >= 0.6 is 0 Å². The van der Waals surface area contributed by atoms with Crippen LogP contribution in [0.5, 0.6) is 0 Å². The number of piperazine rings is 1. The van der Waals surface area contributed by atoms with Gasteiger partial charge in [-0.15, -0.1) is 5.10 Å². The molecule has 1 unspecified atom stereocenters. The van der Waals surface area contributed by atoms with Crippen LogP contribution in [0.1, 0.15) is 23.0 Å². The zero-order chi connectivity index (χ0) is 22.6. The van der Waals surface area contributed by atoms with E-state index < -0.39 is 0 Å². The number of aromatic nitrogens is 4. The fraction of sp³-hybridized carbons (Fsp3) is 0.240. The molecule has 4 aromatic rings. The van der Waals surface area contributed by atoms with E-state index in [1.54, 1.807) is 12.1 Å². The van der Waals surface area contributed by atoms with E-state index in [-0.39, 0.29) is 17.7 Å². The highest BCUT2D eigenvalue weighted by molar-refractivity contribution is 5.46. The molecule has 0 amide bonds. The topological polar surface area (TPSA) is 50.1 Å². The molecule has 5 rings (SSSR count). The molecule has 8 heteroatoms. The van der Waals surface area contributed by atoms with Gasteiger partial charge in [0.05, 0.1) is 12.6 Å². The summed E-state index contributed by atoms with van der Waals surface area (Å²) < 4.78 is 28.8. The van der Waals surface area contributed by atoms with Crippen molar-refractivity contribution in [2.24, 2.45) is 0 Å². The third-order valence-corrected chi connectivity index (χ3v) is 6.04. The number of nitrogens with zero attached hydrogens (tertiary/aromatic N) is 6. The zero-order valence-corrected chi connectivity index (χ0v) is 18.1. The standard InChI is InChI=1S/C25H24F2N6/c26-21-8-6-20(7-9-21)24(25-28-29-30-33(25)18-19-4-2-1-3-5-19)32-16-14-31(15-17-32)23-12-10-22(27)11-13-23/h1-13,24H,14-18H2. The van der Waals surface area contributed by atoms with E-state index in [0.29, 0.717) is 6.54 Å². The first-order valence-electron chi connectivity index (χ1n) is 11.0. The van der Waals surface area contributed by atoms with Crippen molar-refractivity contribution in [2.45, 2.75) is 12.6 Å². The molecule has 6 nitrogen and oxygen atoms in total. The molecule has 1 aliphatic heterocycles. The molecule has 2 heterocycles. The van der Waals surface area contributed by atoms with Gasteiger partial charge >= 0.3 is 0 Å². The summed E-state index contributed by atoms with van der Waals surface area (Å²) in [5, 5.41) is 12.6. The fourth-order valence-corrected chi connectivity index (χ4v) is 4.33. The average molecular weight is 447 g/mol. The van der Waals surface area contributed by atoms with Crippen LogP contribution < -0.4 is 4.90 Å². The molecule has 0 saturated carbocycles. The normalized spacial score (nSPS) is 15.5. The molecule has 1 saturated heterocycles. The number of tetrazole rings is 1. The molecule has 0 N–H and O–H groups in total. The Hall–Kier alpha value is -3.65. The lowest BCUT2D eigenvalue weighted by molar-refractivity contribution is 0.201. The van der Waals surface area contributed by atoms with Crippen LogP contribution in [0.3, 0.4) is 0 Å². The van der Waals surface area contributed by atoms with Crippen LogP contribution in [-0.4, -0.2) is 51.3 Å². The Balaban J connectivity index is 1.41. The van der Waals surface area contributed by atoms with Gasteiger partial charge in [-0.3, -0.25) is 4.90 Å². The summed E-state index contributed by atoms with van der Waals surface area (Å²) in [6, 6.07) is 23.0. The van der Waals surface area contributed by atoms with Gasteiger partial charge < -0.3 is 4.90 Å². The molecule has 1 fully saturated rings. The van der Waals surface area contributed by atoms with Gasteiger partial charge in [0.2, 0.25) is 0 Å². The Morgan fingerprint density at radius 3 is 2.06 bits per heavy atom. The highest BCUT2D eigenvalue weighted by Crippen LogP contribution is 2.29. The molecule has 1 aliphatic rings. The first-order valence-corrected chi connectivity index (χ1v) is 11.0. The maximum Gasteiger partial charge on any atom is 0.173 e. The Morgan fingerprint density at radius 1 is 0.758 bits per heavy atom. The summed E-state index contributed by atoms with van der Waals surface area (Å²) in [7, 11) is 0. The molecule has 3 aromatic carbocycles. The van der Waals surface area contributed by atoms with Crippen LogP contribution in [0, 0.1) is 11.6 Å². The number of hydrogen-bond donors (Lipinski definition) is 0. The lowest BCUT2D eigenvalue weighted by Gasteiger charge is -2.40. The van der Waals surface area contributed by atoms with Gasteiger partial charge in [-0.1, -0.05) is 42.5 Å². The summed E-state index contributed by atoms with van der Waals surface area (Å²) in [6.07, 6.45) is 0. The molecule has 0 aliphatic carbocycles. The Kier molecular flexibility index (Phi) is 6.08. The van der Waals surface area contributed by atoms with Crippen molar-refractivity contribution >= 4 is 5.69 Å². The van der Waals surface area contributed by atoms with Gasteiger partial charge in [0.1, 0.15) is 11.6 Å². The summed E-state index contributed by atoms with van der Waals surface area (Å²) in [5.41, 5.74) is 3.05. The molecule has 1 aromatic heterocycles. The van der Waals surface area contributed by atoms with Gasteiger partial charge in [0.15, 0.2) is 5.82 Å². The third kappa shape index (κ3) is 4.75. The van der Waals surface area contributed by atoms with E-state index >= 15 is 0 Å². The largest absolute Gasteiger partial charge is 0.369 e. The maximum atomic E-state index is 13.7.